The normalized spacial score (nSPS) is 12.2. The SMILES string of the molecule is CNC(=O)CSc1ccc(C(C)O)cc1. The van der Waals surface area contributed by atoms with Crippen molar-refractivity contribution in [2.45, 2.75) is 17.9 Å². The molecule has 0 heterocycles. The van der Waals surface area contributed by atoms with E-state index in [4.69, 9.17) is 0 Å². The van der Waals surface area contributed by atoms with Crippen LogP contribution in [0.3, 0.4) is 0 Å². The van der Waals surface area contributed by atoms with Crippen LogP contribution in [0.25, 0.3) is 0 Å². The molecule has 0 saturated carbocycles. The lowest BCUT2D eigenvalue weighted by molar-refractivity contribution is -0.118. The molecule has 3 nitrogen and oxygen atoms in total. The van der Waals surface area contributed by atoms with Crippen LogP contribution in [0.5, 0.6) is 0 Å². The average Bonchev–Trinajstić information content (AvgIpc) is 2.26. The van der Waals surface area contributed by atoms with Gasteiger partial charge in [0.25, 0.3) is 0 Å². The van der Waals surface area contributed by atoms with Gasteiger partial charge >= 0.3 is 0 Å². The van der Waals surface area contributed by atoms with Gasteiger partial charge < -0.3 is 10.4 Å². The molecule has 0 spiro atoms. The molecule has 2 N–H and O–H groups in total. The number of carbonyl (C=O) groups excluding carboxylic acids is 1. The van der Waals surface area contributed by atoms with Gasteiger partial charge in [0.05, 0.1) is 11.9 Å². The first-order chi connectivity index (χ1) is 7.13. The number of hydrogen-bond acceptors (Lipinski definition) is 3. The van der Waals surface area contributed by atoms with Crippen LogP contribution in [-0.2, 0) is 4.79 Å². The molecule has 0 radical (unpaired) electrons. The number of benzene rings is 1. The fourth-order valence-electron chi connectivity index (χ4n) is 1.06. The lowest BCUT2D eigenvalue weighted by Crippen LogP contribution is -2.19. The minimum atomic E-state index is -0.442. The quantitative estimate of drug-likeness (QED) is 0.765. The Morgan fingerprint density at radius 2 is 2.07 bits per heavy atom. The van der Waals surface area contributed by atoms with Gasteiger partial charge in [0.15, 0.2) is 0 Å². The molecule has 0 aromatic heterocycles. The highest BCUT2D eigenvalue weighted by Gasteiger charge is 2.02. The Morgan fingerprint density at radius 1 is 1.47 bits per heavy atom. The zero-order chi connectivity index (χ0) is 11.3. The lowest BCUT2D eigenvalue weighted by atomic mass is 10.1. The van der Waals surface area contributed by atoms with Crippen LogP contribution in [0.1, 0.15) is 18.6 Å². The Balaban J connectivity index is 2.53. The van der Waals surface area contributed by atoms with Gasteiger partial charge in [-0.2, -0.15) is 0 Å². The van der Waals surface area contributed by atoms with E-state index in [0.717, 1.165) is 10.5 Å². The largest absolute Gasteiger partial charge is 0.389 e. The lowest BCUT2D eigenvalue weighted by Gasteiger charge is -2.05. The Kier molecular flexibility index (Phi) is 4.65. The average molecular weight is 225 g/mol. The first-order valence-corrected chi connectivity index (χ1v) is 5.73. The van der Waals surface area contributed by atoms with Crippen LogP contribution in [-0.4, -0.2) is 23.8 Å². The summed E-state index contributed by atoms with van der Waals surface area (Å²) in [6.45, 7) is 1.73. The van der Waals surface area contributed by atoms with Gasteiger partial charge in [-0.3, -0.25) is 4.79 Å². The predicted octanol–water partition coefficient (Wildman–Crippen LogP) is 1.58. The zero-order valence-corrected chi connectivity index (χ0v) is 9.67. The maximum absolute atomic E-state index is 11.0. The summed E-state index contributed by atoms with van der Waals surface area (Å²) in [5.74, 6) is 0.435. The molecule has 0 aliphatic carbocycles. The highest BCUT2D eigenvalue weighted by atomic mass is 32.2. The molecule has 82 valence electrons. The number of thioether (sulfide) groups is 1. The van der Waals surface area contributed by atoms with Crippen molar-refractivity contribution in [1.29, 1.82) is 0 Å². The van der Waals surface area contributed by atoms with Crippen molar-refractivity contribution in [2.24, 2.45) is 0 Å². The Hall–Kier alpha value is -1.00. The predicted molar refractivity (Wildman–Crippen MR) is 61.9 cm³/mol. The van der Waals surface area contributed by atoms with Crippen molar-refractivity contribution in [3.63, 3.8) is 0 Å². The number of aliphatic hydroxyl groups excluding tert-OH is 1. The summed E-state index contributed by atoms with van der Waals surface area (Å²) >= 11 is 1.48. The third-order valence-corrected chi connectivity index (χ3v) is 3.02. The molecule has 0 bridgehead atoms. The molecule has 1 rings (SSSR count). The Labute approximate surface area is 93.9 Å². The number of aliphatic hydroxyl groups is 1. The van der Waals surface area contributed by atoms with E-state index in [2.05, 4.69) is 5.32 Å². The number of nitrogens with one attached hydrogen (secondary N) is 1. The fraction of sp³-hybridized carbons (Fsp3) is 0.364. The zero-order valence-electron chi connectivity index (χ0n) is 8.86. The van der Waals surface area contributed by atoms with Crippen LogP contribution in [0.2, 0.25) is 0 Å². The maximum atomic E-state index is 11.0. The summed E-state index contributed by atoms with van der Waals surface area (Å²) in [5, 5.41) is 11.9. The van der Waals surface area contributed by atoms with Gasteiger partial charge in [-0.15, -0.1) is 11.8 Å². The molecule has 15 heavy (non-hydrogen) atoms. The van der Waals surface area contributed by atoms with E-state index >= 15 is 0 Å². The molecule has 0 fully saturated rings. The van der Waals surface area contributed by atoms with E-state index < -0.39 is 6.10 Å². The number of rotatable bonds is 4. The Morgan fingerprint density at radius 3 is 2.53 bits per heavy atom. The summed E-state index contributed by atoms with van der Waals surface area (Å²) < 4.78 is 0. The molecule has 1 aromatic rings. The second kappa shape index (κ2) is 5.78. The summed E-state index contributed by atoms with van der Waals surface area (Å²) in [6, 6.07) is 7.57. The minimum absolute atomic E-state index is 0.0135. The summed E-state index contributed by atoms with van der Waals surface area (Å²) in [6.07, 6.45) is -0.442. The van der Waals surface area contributed by atoms with Crippen molar-refractivity contribution in [1.82, 2.24) is 5.32 Å². The van der Waals surface area contributed by atoms with Gasteiger partial charge in [0.1, 0.15) is 0 Å². The maximum Gasteiger partial charge on any atom is 0.230 e. The topological polar surface area (TPSA) is 49.3 Å². The second-order valence-corrected chi connectivity index (χ2v) is 4.26. The smallest absolute Gasteiger partial charge is 0.230 e. The van der Waals surface area contributed by atoms with Crippen LogP contribution in [0.4, 0.5) is 0 Å². The molecule has 1 unspecified atom stereocenters. The first kappa shape index (κ1) is 12.1. The molecule has 0 aliphatic rings. The van der Waals surface area contributed by atoms with Crippen molar-refractivity contribution < 1.29 is 9.90 Å². The fourth-order valence-corrected chi connectivity index (χ4v) is 1.83. The molecule has 1 amide bonds. The Bertz CT molecular complexity index is 322. The van der Waals surface area contributed by atoms with Gasteiger partial charge in [-0.1, -0.05) is 12.1 Å². The van der Waals surface area contributed by atoms with Crippen LogP contribution in [0, 0.1) is 0 Å². The molecule has 1 atom stereocenters. The highest BCUT2D eigenvalue weighted by molar-refractivity contribution is 8.00. The van der Waals surface area contributed by atoms with E-state index in [1.165, 1.54) is 11.8 Å². The second-order valence-electron chi connectivity index (χ2n) is 3.21. The van der Waals surface area contributed by atoms with E-state index in [1.54, 1.807) is 14.0 Å². The minimum Gasteiger partial charge on any atom is -0.389 e. The monoisotopic (exact) mass is 225 g/mol. The molecule has 0 saturated heterocycles. The van der Waals surface area contributed by atoms with E-state index in [-0.39, 0.29) is 5.91 Å². The molecule has 0 aliphatic heterocycles. The number of amides is 1. The van der Waals surface area contributed by atoms with Gasteiger partial charge in [-0.05, 0) is 24.6 Å². The van der Waals surface area contributed by atoms with E-state index in [9.17, 15) is 9.90 Å². The van der Waals surface area contributed by atoms with Gasteiger partial charge in [-0.25, -0.2) is 0 Å². The summed E-state index contributed by atoms with van der Waals surface area (Å²) in [5.41, 5.74) is 0.888. The highest BCUT2D eigenvalue weighted by Crippen LogP contribution is 2.20. The molecule has 1 aromatic carbocycles. The third-order valence-electron chi connectivity index (χ3n) is 2.01. The molecular weight excluding hydrogens is 210 g/mol. The van der Waals surface area contributed by atoms with E-state index in [0.29, 0.717) is 5.75 Å². The van der Waals surface area contributed by atoms with Crippen molar-refractivity contribution in [3.8, 4) is 0 Å². The van der Waals surface area contributed by atoms with Crippen LogP contribution >= 0.6 is 11.8 Å². The first-order valence-electron chi connectivity index (χ1n) is 4.75. The summed E-state index contributed by atoms with van der Waals surface area (Å²) in [4.78, 5) is 12.0. The van der Waals surface area contributed by atoms with Crippen LogP contribution in [0.15, 0.2) is 29.2 Å². The molecule has 4 heteroatoms. The van der Waals surface area contributed by atoms with Gasteiger partial charge in [0.2, 0.25) is 5.91 Å². The third kappa shape index (κ3) is 3.93. The van der Waals surface area contributed by atoms with Crippen molar-refractivity contribution in [2.75, 3.05) is 12.8 Å². The van der Waals surface area contributed by atoms with Crippen molar-refractivity contribution in [3.05, 3.63) is 29.8 Å². The van der Waals surface area contributed by atoms with Crippen LogP contribution < -0.4 is 5.32 Å². The number of carbonyl (C=O) groups is 1. The molecular formula is C11H15NO2S. The van der Waals surface area contributed by atoms with Crippen molar-refractivity contribution >= 4 is 17.7 Å². The number of hydrogen-bond donors (Lipinski definition) is 2. The van der Waals surface area contributed by atoms with Gasteiger partial charge in [0, 0.05) is 11.9 Å². The standard InChI is InChI=1S/C11H15NO2S/c1-8(13)9-3-5-10(6-4-9)15-7-11(14)12-2/h3-6,8,13H,7H2,1-2H3,(H,12,14). The summed E-state index contributed by atoms with van der Waals surface area (Å²) in [7, 11) is 1.62. The van der Waals surface area contributed by atoms with E-state index in [1.807, 2.05) is 24.3 Å².